The van der Waals surface area contributed by atoms with Crippen molar-refractivity contribution in [2.75, 3.05) is 0 Å². The van der Waals surface area contributed by atoms with E-state index in [0.29, 0.717) is 0 Å². The molecule has 1 aromatic heterocycles. The molecule has 3 nitrogen and oxygen atoms in total. The summed E-state index contributed by atoms with van der Waals surface area (Å²) in [5, 5.41) is 4.10. The van der Waals surface area contributed by atoms with E-state index in [1.54, 1.807) is 6.20 Å². The molecule has 2 rings (SSSR count). The third kappa shape index (κ3) is 3.39. The van der Waals surface area contributed by atoms with Gasteiger partial charge in [-0.05, 0) is 32.4 Å². The van der Waals surface area contributed by atoms with Gasteiger partial charge in [0, 0.05) is 12.4 Å². The molecule has 1 aliphatic rings. The number of hydrogen-bond acceptors (Lipinski definition) is 2. The van der Waals surface area contributed by atoms with Gasteiger partial charge in [-0.1, -0.05) is 12.2 Å². The second kappa shape index (κ2) is 5.17. The van der Waals surface area contributed by atoms with E-state index in [2.05, 4.69) is 23.3 Å². The van der Waals surface area contributed by atoms with Crippen molar-refractivity contribution in [3.8, 4) is 0 Å². The van der Waals surface area contributed by atoms with Gasteiger partial charge in [-0.3, -0.25) is 0 Å². The van der Waals surface area contributed by atoms with Crippen molar-refractivity contribution in [3.63, 3.8) is 0 Å². The monoisotopic (exact) mass is 190 g/mol. The van der Waals surface area contributed by atoms with Gasteiger partial charge in [0.1, 0.15) is 5.78 Å². The number of aromatic nitrogens is 2. The number of rotatable bonds is 0. The Bertz CT molecular complexity index is 331. The standard InChI is InChI=1S/C8H8N2.C3H6O/c1-2-4-8-5-6-9-10(8)7-3-1;1-3(2)4/h2-7H,1H2;1-2H3. The van der Waals surface area contributed by atoms with Crippen LogP contribution < -0.4 is 0 Å². The van der Waals surface area contributed by atoms with Crippen LogP contribution in [0.4, 0.5) is 0 Å². The highest BCUT2D eigenvalue weighted by molar-refractivity contribution is 5.72. The first-order valence-electron chi connectivity index (χ1n) is 4.54. The summed E-state index contributed by atoms with van der Waals surface area (Å²) in [7, 11) is 0. The summed E-state index contributed by atoms with van der Waals surface area (Å²) in [5.41, 5.74) is 1.15. The van der Waals surface area contributed by atoms with Gasteiger partial charge in [0.25, 0.3) is 0 Å². The molecular formula is C11H14N2O. The second-order valence-electron chi connectivity index (χ2n) is 3.13. The second-order valence-corrected chi connectivity index (χ2v) is 3.13. The van der Waals surface area contributed by atoms with Crippen LogP contribution in [-0.2, 0) is 4.79 Å². The topological polar surface area (TPSA) is 34.9 Å². The molecule has 0 aromatic carbocycles. The summed E-state index contributed by atoms with van der Waals surface area (Å²) in [6.07, 6.45) is 11.1. The van der Waals surface area contributed by atoms with Gasteiger partial charge >= 0.3 is 0 Å². The van der Waals surface area contributed by atoms with Crippen LogP contribution in [0.2, 0.25) is 0 Å². The maximum absolute atomic E-state index is 9.44. The summed E-state index contributed by atoms with van der Waals surface area (Å²) in [6.45, 7) is 3.06. The zero-order chi connectivity index (χ0) is 10.4. The number of fused-ring (bicyclic) bond motifs is 1. The Balaban J connectivity index is 0.000000213. The van der Waals surface area contributed by atoms with Crippen molar-refractivity contribution >= 4 is 18.1 Å². The van der Waals surface area contributed by atoms with Gasteiger partial charge < -0.3 is 4.79 Å². The van der Waals surface area contributed by atoms with Gasteiger partial charge in [-0.2, -0.15) is 5.10 Å². The van der Waals surface area contributed by atoms with Crippen LogP contribution in [-0.4, -0.2) is 15.6 Å². The van der Waals surface area contributed by atoms with Crippen LogP contribution in [0.5, 0.6) is 0 Å². The Kier molecular flexibility index (Phi) is 3.85. The quantitative estimate of drug-likeness (QED) is 0.629. The van der Waals surface area contributed by atoms with Crippen molar-refractivity contribution in [3.05, 3.63) is 30.1 Å². The van der Waals surface area contributed by atoms with Crippen molar-refractivity contribution < 1.29 is 4.79 Å². The Morgan fingerprint density at radius 1 is 1.43 bits per heavy atom. The van der Waals surface area contributed by atoms with Crippen molar-refractivity contribution in [1.82, 2.24) is 9.78 Å². The highest BCUT2D eigenvalue weighted by Gasteiger charge is 1.95. The Labute approximate surface area is 83.7 Å². The molecular weight excluding hydrogens is 176 g/mol. The average Bonchev–Trinajstić information content (AvgIpc) is 2.42. The van der Waals surface area contributed by atoms with Crippen LogP contribution in [0.15, 0.2) is 24.4 Å². The molecule has 1 aromatic rings. The zero-order valence-corrected chi connectivity index (χ0v) is 8.47. The van der Waals surface area contributed by atoms with Gasteiger partial charge in [-0.25, -0.2) is 4.68 Å². The van der Waals surface area contributed by atoms with E-state index in [-0.39, 0.29) is 5.78 Å². The molecule has 1 aliphatic heterocycles. The number of nitrogens with zero attached hydrogens (tertiary/aromatic N) is 2. The Morgan fingerprint density at radius 2 is 2.14 bits per heavy atom. The van der Waals surface area contributed by atoms with Gasteiger partial charge in [0.2, 0.25) is 0 Å². The lowest BCUT2D eigenvalue weighted by Gasteiger charge is -1.91. The first-order chi connectivity index (χ1) is 6.70. The van der Waals surface area contributed by atoms with E-state index in [1.807, 2.05) is 16.9 Å². The van der Waals surface area contributed by atoms with E-state index in [0.717, 1.165) is 12.1 Å². The predicted molar refractivity (Wildman–Crippen MR) is 57.6 cm³/mol. The summed E-state index contributed by atoms with van der Waals surface area (Å²) in [6, 6.07) is 1.99. The number of Topliss-reactive ketones (excluding diaryl/α,β-unsaturated/α-hetero) is 1. The average molecular weight is 190 g/mol. The van der Waals surface area contributed by atoms with Crippen molar-refractivity contribution in [2.45, 2.75) is 20.3 Å². The van der Waals surface area contributed by atoms with Crippen LogP contribution in [0.3, 0.4) is 0 Å². The lowest BCUT2D eigenvalue weighted by atomic mass is 10.3. The van der Waals surface area contributed by atoms with E-state index in [1.165, 1.54) is 13.8 Å². The molecule has 0 amide bonds. The molecule has 0 radical (unpaired) electrons. The minimum absolute atomic E-state index is 0.167. The van der Waals surface area contributed by atoms with E-state index in [9.17, 15) is 4.79 Å². The first-order valence-corrected chi connectivity index (χ1v) is 4.54. The molecule has 3 heteroatoms. The summed E-state index contributed by atoms with van der Waals surface area (Å²) in [5.74, 6) is 0.167. The third-order valence-corrected chi connectivity index (χ3v) is 1.51. The minimum Gasteiger partial charge on any atom is -0.300 e. The molecule has 0 aliphatic carbocycles. The maximum Gasteiger partial charge on any atom is 0.126 e. The fourth-order valence-electron chi connectivity index (χ4n) is 1.01. The van der Waals surface area contributed by atoms with E-state index >= 15 is 0 Å². The fraction of sp³-hybridized carbons (Fsp3) is 0.273. The SMILES string of the molecule is C1=Cc2ccnn2C=CC1.CC(C)=O. The van der Waals surface area contributed by atoms with Crippen LogP contribution in [0.25, 0.3) is 12.3 Å². The third-order valence-electron chi connectivity index (χ3n) is 1.51. The molecule has 0 saturated heterocycles. The predicted octanol–water partition coefficient (Wildman–Crippen LogP) is 2.37. The molecule has 0 saturated carbocycles. The lowest BCUT2D eigenvalue weighted by molar-refractivity contribution is -0.114. The number of carbonyl (C=O) groups excluding carboxylic acids is 1. The molecule has 0 atom stereocenters. The van der Waals surface area contributed by atoms with Gasteiger partial charge in [0.15, 0.2) is 0 Å². The highest BCUT2D eigenvalue weighted by Crippen LogP contribution is 2.07. The van der Waals surface area contributed by atoms with Crippen LogP contribution in [0, 0.1) is 0 Å². The molecule has 0 spiro atoms. The number of allylic oxidation sites excluding steroid dienone is 2. The lowest BCUT2D eigenvalue weighted by Crippen LogP contribution is -1.88. The largest absolute Gasteiger partial charge is 0.300 e. The fourth-order valence-corrected chi connectivity index (χ4v) is 1.01. The Hall–Kier alpha value is -1.64. The Morgan fingerprint density at radius 3 is 2.86 bits per heavy atom. The number of hydrogen-bond donors (Lipinski definition) is 0. The van der Waals surface area contributed by atoms with Crippen molar-refractivity contribution in [2.24, 2.45) is 0 Å². The number of carbonyl (C=O) groups is 1. The zero-order valence-electron chi connectivity index (χ0n) is 8.47. The summed E-state index contributed by atoms with van der Waals surface area (Å²) in [4.78, 5) is 9.44. The minimum atomic E-state index is 0.167. The van der Waals surface area contributed by atoms with Gasteiger partial charge in [0.05, 0.1) is 5.69 Å². The molecule has 74 valence electrons. The van der Waals surface area contributed by atoms with Gasteiger partial charge in [-0.15, -0.1) is 0 Å². The summed E-state index contributed by atoms with van der Waals surface area (Å²) < 4.78 is 1.86. The normalized spacial score (nSPS) is 12.4. The van der Waals surface area contributed by atoms with Crippen LogP contribution in [0.1, 0.15) is 26.0 Å². The molecule has 0 N–H and O–H groups in total. The van der Waals surface area contributed by atoms with E-state index in [4.69, 9.17) is 0 Å². The van der Waals surface area contributed by atoms with Crippen molar-refractivity contribution in [1.29, 1.82) is 0 Å². The molecule has 0 fully saturated rings. The molecule has 0 unspecified atom stereocenters. The molecule has 0 bridgehead atoms. The number of ketones is 1. The molecule has 2 heterocycles. The first kappa shape index (κ1) is 10.4. The summed E-state index contributed by atoms with van der Waals surface area (Å²) >= 11 is 0. The highest BCUT2D eigenvalue weighted by atomic mass is 16.1. The molecule has 14 heavy (non-hydrogen) atoms. The van der Waals surface area contributed by atoms with Crippen LogP contribution >= 0.6 is 0 Å². The smallest absolute Gasteiger partial charge is 0.126 e. The maximum atomic E-state index is 9.44. The van der Waals surface area contributed by atoms with E-state index < -0.39 is 0 Å².